The lowest BCUT2D eigenvalue weighted by Crippen LogP contribution is -2.55. The van der Waals surface area contributed by atoms with E-state index < -0.39 is 11.1 Å². The van der Waals surface area contributed by atoms with Crippen molar-refractivity contribution >= 4 is 351 Å². The first-order chi connectivity index (χ1) is 38.8. The summed E-state index contributed by atoms with van der Waals surface area (Å²) in [5.74, 6) is -0.251. The molecule has 5 aliphatic rings. The SMILES string of the molecule is COC(=O)CN1N=NC23c4c5c6c7c8c9c%10c(c%11c2c2c%12c4c4c5c5c%13c6c8c6c8c9c9c%14c%10c%10c%11c%11c2c2c%12c%12c4c4c5c5c%13c6c6c%13c8c9c8c9c%14c%10c%10c%11c%11c2c2c%12c4c4c5c6c5c%13c8c6c9c%10c%11c8c2c4c5c86)C713. The Hall–Kier alpha value is -9.97. The number of hydrogen-bond donors (Lipinski definition) is 0. The molecule has 0 N–H and O–H groups in total. The fraction of sp³-hybridized carbons (Fsp3) is 0.0548. The van der Waals surface area contributed by atoms with Crippen molar-refractivity contribution in [2.45, 2.75) is 11.1 Å². The highest BCUT2D eigenvalue weighted by Gasteiger charge is 2.76. The van der Waals surface area contributed by atoms with E-state index in [0.29, 0.717) is 0 Å². The van der Waals surface area contributed by atoms with Crippen LogP contribution >= 0.6 is 0 Å². The van der Waals surface area contributed by atoms with E-state index in [1.807, 2.05) is 0 Å². The Labute approximate surface area is 420 Å². The van der Waals surface area contributed by atoms with Crippen LogP contribution in [0.1, 0.15) is 22.3 Å². The Kier molecular flexibility index (Phi) is 2.27. The fourth-order valence-corrected chi connectivity index (χ4v) is 28.1. The van der Waals surface area contributed by atoms with Gasteiger partial charge in [0, 0.05) is 22.3 Å². The summed E-state index contributed by atoms with van der Waals surface area (Å²) in [5.41, 5.74) is 3.84. The van der Waals surface area contributed by atoms with Gasteiger partial charge in [0.15, 0.2) is 5.54 Å². The van der Waals surface area contributed by atoms with Crippen molar-refractivity contribution in [3.63, 3.8) is 0 Å². The third kappa shape index (κ3) is 1.44. The van der Waals surface area contributed by atoms with Crippen LogP contribution in [0.2, 0.25) is 0 Å². The molecule has 324 valence electrons. The molecule has 0 amide bonds. The van der Waals surface area contributed by atoms with Gasteiger partial charge in [0.05, 0.1) is 7.11 Å². The van der Waals surface area contributed by atoms with Crippen molar-refractivity contribution in [3.8, 4) is 0 Å². The average molecular weight is 956 g/mol. The molecule has 0 bridgehead atoms. The maximum Gasteiger partial charge on any atom is 0.327 e. The molecule has 5 heteroatoms. The molecular formula is C73H5N3O2. The van der Waals surface area contributed by atoms with Crippen molar-refractivity contribution in [2.24, 2.45) is 10.3 Å². The maximum absolute atomic E-state index is 14.6. The second-order valence-electron chi connectivity index (χ2n) is 28.2. The number of esters is 1. The van der Waals surface area contributed by atoms with Gasteiger partial charge in [-0.3, -0.25) is 4.79 Å². The van der Waals surface area contributed by atoms with Gasteiger partial charge >= 0.3 is 5.97 Å². The van der Waals surface area contributed by atoms with Crippen molar-refractivity contribution in [2.75, 3.05) is 13.7 Å². The minimum Gasteiger partial charge on any atom is -0.468 e. The van der Waals surface area contributed by atoms with Crippen LogP contribution in [0.15, 0.2) is 10.3 Å². The van der Waals surface area contributed by atoms with Crippen LogP contribution < -0.4 is 0 Å². The Balaban J connectivity index is 1.15. The molecule has 33 aromatic rings. The predicted molar refractivity (Wildman–Crippen MR) is 321 cm³/mol. The second-order valence-corrected chi connectivity index (χ2v) is 28.2. The zero-order valence-electron chi connectivity index (χ0n) is 39.4. The van der Waals surface area contributed by atoms with Crippen LogP contribution in [0.5, 0.6) is 0 Å². The Morgan fingerprint density at radius 3 is 0.692 bits per heavy atom. The third-order valence-corrected chi connectivity index (χ3v) is 28.2. The van der Waals surface area contributed by atoms with Gasteiger partial charge in [-0.1, -0.05) is 5.22 Å². The molecule has 5 nitrogen and oxygen atoms in total. The van der Waals surface area contributed by atoms with E-state index in [9.17, 15) is 4.79 Å². The molecular weight excluding hydrogens is 951 g/mol. The van der Waals surface area contributed by atoms with Crippen LogP contribution in [0, 0.1) is 0 Å². The van der Waals surface area contributed by atoms with Gasteiger partial charge in [-0.15, -0.1) is 0 Å². The molecule has 0 aromatic heterocycles. The zero-order chi connectivity index (χ0) is 46.2. The highest BCUT2D eigenvalue weighted by Crippen LogP contribution is 2.86. The number of benzene rings is 22. The summed E-state index contributed by atoms with van der Waals surface area (Å²) in [7, 11) is 1.57. The molecule has 1 aliphatic heterocycles. The molecule has 38 rings (SSSR count). The largest absolute Gasteiger partial charge is 0.468 e. The van der Waals surface area contributed by atoms with E-state index in [4.69, 9.17) is 15.1 Å². The van der Waals surface area contributed by atoms with E-state index in [1.54, 1.807) is 255 Å². The molecule has 0 radical (unpaired) electrons. The average Bonchev–Trinajstić information content (AvgIpc) is 2.18. The minimum atomic E-state index is -0.920. The number of hydrogen-bond acceptors (Lipinski definition) is 5. The molecule has 2 unspecified atom stereocenters. The normalized spacial score (nSPS) is 22.0. The first-order valence-electron chi connectivity index (χ1n) is 28.6. The van der Waals surface area contributed by atoms with Gasteiger partial charge in [-0.05, 0) is 345 Å². The quantitative estimate of drug-likeness (QED) is 0.0985. The first kappa shape index (κ1) is 28.2. The van der Waals surface area contributed by atoms with Crippen molar-refractivity contribution in [1.82, 2.24) is 5.01 Å². The predicted octanol–water partition coefficient (Wildman–Crippen LogP) is 19.0. The van der Waals surface area contributed by atoms with Crippen molar-refractivity contribution in [1.29, 1.82) is 0 Å². The van der Waals surface area contributed by atoms with Crippen LogP contribution in [-0.4, -0.2) is 24.6 Å². The lowest BCUT2D eigenvalue weighted by atomic mass is 9.59. The topological polar surface area (TPSA) is 54.3 Å². The van der Waals surface area contributed by atoms with Crippen molar-refractivity contribution in [3.05, 3.63) is 22.3 Å². The molecule has 4 aliphatic carbocycles. The summed E-state index contributed by atoms with van der Waals surface area (Å²) in [4.78, 5) is 14.6. The van der Waals surface area contributed by atoms with Crippen LogP contribution in [0.3, 0.4) is 0 Å². The number of carbonyl (C=O) groups excluding carboxylic acids is 1. The second kappa shape index (κ2) is 6.26. The summed E-state index contributed by atoms with van der Waals surface area (Å²) < 4.78 is 5.83. The van der Waals surface area contributed by atoms with E-state index >= 15 is 0 Å². The molecule has 78 heavy (non-hydrogen) atoms. The summed E-state index contributed by atoms with van der Waals surface area (Å²) >= 11 is 0. The third-order valence-electron chi connectivity index (χ3n) is 28.2. The van der Waals surface area contributed by atoms with Gasteiger partial charge in [-0.25, -0.2) is 5.01 Å². The molecule has 33 aromatic carbocycles. The first-order valence-corrected chi connectivity index (χ1v) is 28.6. The van der Waals surface area contributed by atoms with E-state index in [-0.39, 0.29) is 12.5 Å². The molecule has 2 spiro atoms. The summed E-state index contributed by atoms with van der Waals surface area (Å²) in [6, 6.07) is 0. The highest BCUT2D eigenvalue weighted by molar-refractivity contribution is 6.84. The standard InChI is InChI=1S/C73H5N3O2/c1-78-3(77)2-76-73-70-63-55-44-33-21-13-6-4-5-7-9-8(6)19(21)26-25-20(9)22-15(7)18-17-11(5)12-10(4)14-16(13)28-34-32-24(14)27-23(12)31-29(17)37-30(18)38-36(22)42-39(25)48(41(26)44)60(63)64-53(42)51(38)58-50(37)52-47(31)49-40(27)43(32)54-56-45(34)46(35(28)33)57(55)66(70)65(56)68-61(54)59(49)62(52)69(67(58)71(64)73)72(68,73)74-75-76/h2H2,1H3. The zero-order valence-corrected chi connectivity index (χ0v) is 39.4. The number of methoxy groups -OCH3 is 1. The van der Waals surface area contributed by atoms with Gasteiger partial charge < -0.3 is 4.74 Å². The fourth-order valence-electron chi connectivity index (χ4n) is 28.1. The maximum atomic E-state index is 14.6. The van der Waals surface area contributed by atoms with Crippen LogP contribution in [0.4, 0.5) is 0 Å². The molecule has 1 heterocycles. The van der Waals surface area contributed by atoms with Gasteiger partial charge in [-0.2, -0.15) is 5.11 Å². The summed E-state index contributed by atoms with van der Waals surface area (Å²) in [6.07, 6.45) is 0. The minimum absolute atomic E-state index is 0.0388. The van der Waals surface area contributed by atoms with Gasteiger partial charge in [0.2, 0.25) is 0 Å². The van der Waals surface area contributed by atoms with E-state index in [1.165, 1.54) is 119 Å². The summed E-state index contributed by atoms with van der Waals surface area (Å²) in [6.45, 7) is 0.0388. The van der Waals surface area contributed by atoms with Crippen LogP contribution in [0.25, 0.3) is 345 Å². The smallest absolute Gasteiger partial charge is 0.327 e. The Bertz CT molecular complexity index is 8890. The van der Waals surface area contributed by atoms with E-state index in [0.717, 1.165) is 0 Å². The lowest BCUT2D eigenvalue weighted by Gasteiger charge is -2.48. The molecule has 0 fully saturated rings. The number of rotatable bonds is 2. The summed E-state index contributed by atoms with van der Waals surface area (Å²) in [5, 5.41) is 114. The lowest BCUT2D eigenvalue weighted by molar-refractivity contribution is -0.143. The number of nitrogens with zero attached hydrogens (tertiary/aromatic N) is 3. The highest BCUT2D eigenvalue weighted by atomic mass is 16.5. The monoisotopic (exact) mass is 955 g/mol. The van der Waals surface area contributed by atoms with Gasteiger partial charge in [0.25, 0.3) is 0 Å². The van der Waals surface area contributed by atoms with Gasteiger partial charge in [0.1, 0.15) is 12.1 Å². The number of ether oxygens (including phenoxy) is 1. The molecule has 2 atom stereocenters. The molecule has 0 saturated carbocycles. The van der Waals surface area contributed by atoms with E-state index in [2.05, 4.69) is 5.01 Å². The van der Waals surface area contributed by atoms with Crippen molar-refractivity contribution < 1.29 is 9.53 Å². The van der Waals surface area contributed by atoms with Crippen LogP contribution in [-0.2, 0) is 20.6 Å². The molecule has 0 saturated heterocycles. The Morgan fingerprint density at radius 2 is 0.436 bits per heavy atom. The number of carbonyl (C=O) groups is 1. The Morgan fingerprint density at radius 1 is 0.269 bits per heavy atom.